The zero-order chi connectivity index (χ0) is 21.0. The van der Waals surface area contributed by atoms with Gasteiger partial charge in [0.05, 0.1) is 26.4 Å². The summed E-state index contributed by atoms with van der Waals surface area (Å²) >= 11 is 5.86. The zero-order valence-corrected chi connectivity index (χ0v) is 17.0. The topological polar surface area (TPSA) is 81.6 Å². The first kappa shape index (κ1) is 20.4. The number of nitrogens with one attached hydrogen (secondary N) is 1. The minimum atomic E-state index is -0.496. The lowest BCUT2D eigenvalue weighted by Gasteiger charge is -2.18. The van der Waals surface area contributed by atoms with Gasteiger partial charge in [-0.2, -0.15) is 4.98 Å². The van der Waals surface area contributed by atoms with Crippen LogP contribution in [0.5, 0.6) is 17.2 Å². The third-order valence-corrected chi connectivity index (χ3v) is 4.36. The van der Waals surface area contributed by atoms with E-state index >= 15 is 0 Å². The Balaban J connectivity index is 1.89. The number of ether oxygens (including phenoxy) is 3. The summed E-state index contributed by atoms with van der Waals surface area (Å²) in [5.41, 5.74) is 1.26. The van der Waals surface area contributed by atoms with Crippen molar-refractivity contribution in [3.63, 3.8) is 0 Å². The highest BCUT2D eigenvalue weighted by Crippen LogP contribution is 2.40. The molecule has 1 heterocycles. The number of methoxy groups -OCH3 is 3. The van der Waals surface area contributed by atoms with E-state index in [2.05, 4.69) is 20.3 Å². The second-order valence-electron chi connectivity index (χ2n) is 5.81. The smallest absolute Gasteiger partial charge is 0.234 e. The first-order valence-electron chi connectivity index (χ1n) is 8.41. The third kappa shape index (κ3) is 4.40. The standard InChI is InChI=1S/C19H19ClFN5O3/c1-26(12-5-6-14(21)13(20)9-12)19-23-10-22-18(25-19)24-11-7-15(27-2)17(29-4)16(8-11)28-3/h5-10H,1-4H3,(H,22,23,24,25). The van der Waals surface area contributed by atoms with Crippen LogP contribution in [0.4, 0.5) is 27.7 Å². The molecule has 1 N–H and O–H groups in total. The summed E-state index contributed by atoms with van der Waals surface area (Å²) in [4.78, 5) is 14.4. The zero-order valence-electron chi connectivity index (χ0n) is 16.2. The van der Waals surface area contributed by atoms with E-state index in [0.717, 1.165) is 0 Å². The number of benzene rings is 2. The second kappa shape index (κ2) is 8.78. The van der Waals surface area contributed by atoms with Crippen LogP contribution < -0.4 is 24.4 Å². The molecular formula is C19H19ClFN5O3. The van der Waals surface area contributed by atoms with Crippen molar-refractivity contribution in [1.29, 1.82) is 0 Å². The number of nitrogens with zero attached hydrogens (tertiary/aromatic N) is 4. The van der Waals surface area contributed by atoms with Crippen molar-refractivity contribution in [2.45, 2.75) is 0 Å². The van der Waals surface area contributed by atoms with Gasteiger partial charge in [0.25, 0.3) is 0 Å². The van der Waals surface area contributed by atoms with E-state index in [9.17, 15) is 4.39 Å². The molecule has 0 bridgehead atoms. The lowest BCUT2D eigenvalue weighted by atomic mass is 10.2. The van der Waals surface area contributed by atoms with Gasteiger partial charge in [0, 0.05) is 30.6 Å². The maximum Gasteiger partial charge on any atom is 0.234 e. The van der Waals surface area contributed by atoms with Crippen molar-refractivity contribution >= 4 is 34.9 Å². The number of hydrogen-bond donors (Lipinski definition) is 1. The number of aromatic nitrogens is 3. The fourth-order valence-electron chi connectivity index (χ4n) is 2.60. The summed E-state index contributed by atoms with van der Waals surface area (Å²) in [6.07, 6.45) is 1.37. The summed E-state index contributed by atoms with van der Waals surface area (Å²) in [6, 6.07) is 7.82. The molecule has 0 radical (unpaired) electrons. The predicted molar refractivity (Wildman–Crippen MR) is 109 cm³/mol. The van der Waals surface area contributed by atoms with Crippen molar-refractivity contribution in [3.05, 3.63) is 47.5 Å². The molecule has 0 spiro atoms. The molecule has 0 aliphatic rings. The Hall–Kier alpha value is -3.33. The van der Waals surface area contributed by atoms with Crippen LogP contribution in [0.25, 0.3) is 0 Å². The SMILES string of the molecule is COc1cc(Nc2ncnc(N(C)c3ccc(F)c(Cl)c3)n2)cc(OC)c1OC. The molecule has 10 heteroatoms. The van der Waals surface area contributed by atoms with Crippen molar-refractivity contribution < 1.29 is 18.6 Å². The van der Waals surface area contributed by atoms with Crippen molar-refractivity contribution in [3.8, 4) is 17.2 Å². The first-order chi connectivity index (χ1) is 14.0. The molecule has 0 unspecified atom stereocenters. The molecular weight excluding hydrogens is 401 g/mol. The van der Waals surface area contributed by atoms with Gasteiger partial charge in [0.2, 0.25) is 17.6 Å². The van der Waals surface area contributed by atoms with Crippen LogP contribution >= 0.6 is 11.6 Å². The second-order valence-corrected chi connectivity index (χ2v) is 6.21. The van der Waals surface area contributed by atoms with Crippen LogP contribution in [0, 0.1) is 5.82 Å². The summed E-state index contributed by atoms with van der Waals surface area (Å²) in [6.45, 7) is 0. The molecule has 3 aromatic rings. The molecule has 0 saturated carbocycles. The Labute approximate surface area is 172 Å². The highest BCUT2D eigenvalue weighted by atomic mass is 35.5. The molecule has 152 valence electrons. The largest absolute Gasteiger partial charge is 0.493 e. The molecule has 0 fully saturated rings. The van der Waals surface area contributed by atoms with Crippen LogP contribution in [-0.2, 0) is 0 Å². The van der Waals surface area contributed by atoms with Gasteiger partial charge < -0.3 is 24.4 Å². The number of halogens is 2. The molecule has 0 saturated heterocycles. The van der Waals surface area contributed by atoms with Gasteiger partial charge in [-0.15, -0.1) is 0 Å². The Morgan fingerprint density at radius 3 is 2.28 bits per heavy atom. The third-order valence-electron chi connectivity index (χ3n) is 4.07. The Kier molecular flexibility index (Phi) is 6.18. The average molecular weight is 420 g/mol. The molecule has 2 aromatic carbocycles. The molecule has 0 atom stereocenters. The summed E-state index contributed by atoms with van der Waals surface area (Å²) < 4.78 is 29.4. The lowest BCUT2D eigenvalue weighted by Crippen LogP contribution is -2.14. The van der Waals surface area contributed by atoms with Crippen molar-refractivity contribution in [2.75, 3.05) is 38.6 Å². The van der Waals surface area contributed by atoms with Gasteiger partial charge in [-0.05, 0) is 18.2 Å². The molecule has 3 rings (SSSR count). The number of anilines is 4. The van der Waals surface area contributed by atoms with E-state index in [4.69, 9.17) is 25.8 Å². The Morgan fingerprint density at radius 1 is 1.00 bits per heavy atom. The van der Waals surface area contributed by atoms with Gasteiger partial charge in [0.15, 0.2) is 11.5 Å². The average Bonchev–Trinajstić information content (AvgIpc) is 2.74. The van der Waals surface area contributed by atoms with Crippen LogP contribution in [-0.4, -0.2) is 43.3 Å². The molecule has 8 nitrogen and oxygen atoms in total. The summed E-state index contributed by atoms with van der Waals surface area (Å²) in [5.74, 6) is 1.60. The minimum Gasteiger partial charge on any atom is -0.493 e. The van der Waals surface area contributed by atoms with Gasteiger partial charge >= 0.3 is 0 Å². The van der Waals surface area contributed by atoms with Gasteiger partial charge in [-0.25, -0.2) is 14.4 Å². The van der Waals surface area contributed by atoms with Gasteiger partial charge in [-0.3, -0.25) is 0 Å². The van der Waals surface area contributed by atoms with Crippen LogP contribution in [0.1, 0.15) is 0 Å². The molecule has 0 amide bonds. The highest BCUT2D eigenvalue weighted by Gasteiger charge is 2.15. The monoisotopic (exact) mass is 419 g/mol. The molecule has 0 aliphatic heterocycles. The van der Waals surface area contributed by atoms with E-state index < -0.39 is 5.82 Å². The fourth-order valence-corrected chi connectivity index (χ4v) is 2.78. The van der Waals surface area contributed by atoms with Crippen molar-refractivity contribution in [1.82, 2.24) is 15.0 Å². The van der Waals surface area contributed by atoms with Gasteiger partial charge in [0.1, 0.15) is 12.1 Å². The quantitative estimate of drug-likeness (QED) is 0.610. The Bertz CT molecular complexity index is 996. The van der Waals surface area contributed by atoms with E-state index in [1.807, 2.05) is 0 Å². The van der Waals surface area contributed by atoms with Crippen LogP contribution in [0.2, 0.25) is 5.02 Å². The van der Waals surface area contributed by atoms with Crippen LogP contribution in [0.3, 0.4) is 0 Å². The number of rotatable bonds is 7. The molecule has 1 aromatic heterocycles. The lowest BCUT2D eigenvalue weighted by molar-refractivity contribution is 0.324. The van der Waals surface area contributed by atoms with Crippen LogP contribution in [0.15, 0.2) is 36.7 Å². The van der Waals surface area contributed by atoms with E-state index in [0.29, 0.717) is 40.5 Å². The summed E-state index contributed by atoms with van der Waals surface area (Å²) in [5, 5.41) is 3.09. The minimum absolute atomic E-state index is 0.0131. The maximum absolute atomic E-state index is 13.4. The van der Waals surface area contributed by atoms with E-state index in [1.54, 1.807) is 30.1 Å². The first-order valence-corrected chi connectivity index (χ1v) is 8.79. The highest BCUT2D eigenvalue weighted by molar-refractivity contribution is 6.31. The fraction of sp³-hybridized carbons (Fsp3) is 0.211. The van der Waals surface area contributed by atoms with Crippen molar-refractivity contribution in [2.24, 2.45) is 0 Å². The predicted octanol–water partition coefficient (Wildman–Crippen LogP) is 4.20. The number of hydrogen-bond acceptors (Lipinski definition) is 8. The summed E-state index contributed by atoms with van der Waals surface area (Å²) in [7, 11) is 6.33. The molecule has 0 aliphatic carbocycles. The normalized spacial score (nSPS) is 10.4. The van der Waals surface area contributed by atoms with Gasteiger partial charge in [-0.1, -0.05) is 11.6 Å². The van der Waals surface area contributed by atoms with E-state index in [1.165, 1.54) is 39.8 Å². The molecule has 29 heavy (non-hydrogen) atoms. The maximum atomic E-state index is 13.4. The Morgan fingerprint density at radius 2 is 1.69 bits per heavy atom. The van der Waals surface area contributed by atoms with E-state index in [-0.39, 0.29) is 5.02 Å².